The zero-order chi connectivity index (χ0) is 25.8. The molecule has 0 amide bonds. The number of nitro benzene ring substituents is 2. The predicted octanol–water partition coefficient (Wildman–Crippen LogP) is 6.45. The van der Waals surface area contributed by atoms with Gasteiger partial charge in [-0.25, -0.2) is 4.79 Å². The fraction of sp³-hybridized carbons (Fsp3) is 0.231. The van der Waals surface area contributed by atoms with E-state index in [1.54, 1.807) is 12.1 Å². The number of aromatic nitrogens is 1. The van der Waals surface area contributed by atoms with Gasteiger partial charge in [0.05, 0.1) is 26.6 Å². The molecule has 0 radical (unpaired) electrons. The molecule has 10 nitrogen and oxygen atoms in total. The van der Waals surface area contributed by atoms with Crippen molar-refractivity contribution in [1.82, 2.24) is 4.57 Å². The molecular weight excluding hydrogens is 464 g/mol. The molecule has 0 unspecified atom stereocenters. The van der Waals surface area contributed by atoms with Gasteiger partial charge in [0.15, 0.2) is 0 Å². The van der Waals surface area contributed by atoms with Crippen LogP contribution >= 0.6 is 0 Å². The van der Waals surface area contributed by atoms with Crippen molar-refractivity contribution in [2.24, 2.45) is 5.16 Å². The SMILES string of the molecule is CCCCC/C(=N/OC(C)=O)c1ccc(-n2c3ccc([N+](=O)[O-])cc3c3cc([N+](=O)[O-])ccc32)cc1. The van der Waals surface area contributed by atoms with E-state index >= 15 is 0 Å². The van der Waals surface area contributed by atoms with E-state index in [0.29, 0.717) is 33.9 Å². The van der Waals surface area contributed by atoms with Crippen LogP contribution in [0.25, 0.3) is 27.5 Å². The minimum Gasteiger partial charge on any atom is -0.318 e. The van der Waals surface area contributed by atoms with Crippen LogP contribution in [-0.2, 0) is 9.63 Å². The van der Waals surface area contributed by atoms with Gasteiger partial charge in [-0.2, -0.15) is 0 Å². The molecule has 0 aliphatic carbocycles. The molecule has 0 saturated carbocycles. The number of benzene rings is 3. The summed E-state index contributed by atoms with van der Waals surface area (Å²) in [5.74, 6) is -0.493. The Balaban J connectivity index is 1.83. The van der Waals surface area contributed by atoms with Crippen LogP contribution in [0.3, 0.4) is 0 Å². The number of carbonyl (C=O) groups excluding carboxylic acids is 1. The monoisotopic (exact) mass is 488 g/mol. The van der Waals surface area contributed by atoms with Crippen molar-refractivity contribution in [2.75, 3.05) is 0 Å². The van der Waals surface area contributed by atoms with Gasteiger partial charge in [-0.15, -0.1) is 0 Å². The number of carbonyl (C=O) groups is 1. The van der Waals surface area contributed by atoms with E-state index in [1.165, 1.54) is 31.2 Å². The van der Waals surface area contributed by atoms with Crippen molar-refractivity contribution in [3.63, 3.8) is 0 Å². The van der Waals surface area contributed by atoms with Crippen LogP contribution in [0.5, 0.6) is 0 Å². The van der Waals surface area contributed by atoms with E-state index in [1.807, 2.05) is 28.8 Å². The third-order valence-corrected chi connectivity index (χ3v) is 5.91. The number of oxime groups is 1. The molecule has 4 aromatic rings. The van der Waals surface area contributed by atoms with Crippen LogP contribution < -0.4 is 0 Å². The smallest absolute Gasteiger partial charge is 0.318 e. The van der Waals surface area contributed by atoms with Gasteiger partial charge in [0.1, 0.15) is 0 Å². The number of nitrogens with zero attached hydrogens (tertiary/aromatic N) is 4. The van der Waals surface area contributed by atoms with Gasteiger partial charge in [0, 0.05) is 47.6 Å². The molecule has 0 bridgehead atoms. The topological polar surface area (TPSA) is 130 Å². The highest BCUT2D eigenvalue weighted by Crippen LogP contribution is 2.36. The van der Waals surface area contributed by atoms with Crippen molar-refractivity contribution in [2.45, 2.75) is 39.5 Å². The molecular formula is C26H24N4O6. The van der Waals surface area contributed by atoms with E-state index in [9.17, 15) is 25.0 Å². The maximum absolute atomic E-state index is 11.4. The number of fused-ring (bicyclic) bond motifs is 3. The highest BCUT2D eigenvalue weighted by molar-refractivity contribution is 6.10. The van der Waals surface area contributed by atoms with Crippen LogP contribution in [0.4, 0.5) is 11.4 Å². The van der Waals surface area contributed by atoms with Crippen molar-refractivity contribution in [1.29, 1.82) is 0 Å². The molecule has 0 N–H and O–H groups in total. The fourth-order valence-corrected chi connectivity index (χ4v) is 4.21. The van der Waals surface area contributed by atoms with E-state index < -0.39 is 15.8 Å². The van der Waals surface area contributed by atoms with Gasteiger partial charge in [0.2, 0.25) is 0 Å². The molecule has 0 aliphatic rings. The van der Waals surface area contributed by atoms with E-state index in [0.717, 1.165) is 30.5 Å². The molecule has 4 rings (SSSR count). The van der Waals surface area contributed by atoms with E-state index in [-0.39, 0.29) is 11.4 Å². The summed E-state index contributed by atoms with van der Waals surface area (Å²) in [6, 6.07) is 16.5. The maximum Gasteiger partial charge on any atom is 0.331 e. The molecule has 184 valence electrons. The van der Waals surface area contributed by atoms with E-state index in [2.05, 4.69) is 12.1 Å². The Morgan fingerprint density at radius 2 is 1.44 bits per heavy atom. The number of rotatable bonds is 9. The van der Waals surface area contributed by atoms with Crippen LogP contribution in [0.15, 0.2) is 65.8 Å². The lowest BCUT2D eigenvalue weighted by atomic mass is 10.0. The Kier molecular flexibility index (Phi) is 7.05. The molecule has 0 fully saturated rings. The van der Waals surface area contributed by atoms with Crippen LogP contribution in [-0.4, -0.2) is 26.1 Å². The van der Waals surface area contributed by atoms with Crippen LogP contribution in [0.2, 0.25) is 0 Å². The number of unbranched alkanes of at least 4 members (excludes halogenated alkanes) is 2. The van der Waals surface area contributed by atoms with Crippen LogP contribution in [0.1, 0.15) is 45.1 Å². The Morgan fingerprint density at radius 1 is 0.889 bits per heavy atom. The lowest BCUT2D eigenvalue weighted by Crippen LogP contribution is -2.05. The Labute approximate surface area is 206 Å². The zero-order valence-corrected chi connectivity index (χ0v) is 19.8. The average Bonchev–Trinajstić information content (AvgIpc) is 3.19. The highest BCUT2D eigenvalue weighted by Gasteiger charge is 2.19. The first-order valence-corrected chi connectivity index (χ1v) is 11.5. The summed E-state index contributed by atoms with van der Waals surface area (Å²) in [6.45, 7) is 3.40. The molecule has 3 aromatic carbocycles. The summed E-state index contributed by atoms with van der Waals surface area (Å²) < 4.78 is 1.90. The minimum absolute atomic E-state index is 0.0955. The molecule has 0 spiro atoms. The molecule has 0 saturated heterocycles. The average molecular weight is 489 g/mol. The maximum atomic E-state index is 11.4. The van der Waals surface area contributed by atoms with Gasteiger partial charge in [-0.1, -0.05) is 37.1 Å². The van der Waals surface area contributed by atoms with Gasteiger partial charge >= 0.3 is 5.97 Å². The van der Waals surface area contributed by atoms with Crippen molar-refractivity contribution in [3.05, 3.63) is 86.5 Å². The lowest BCUT2D eigenvalue weighted by Gasteiger charge is -2.10. The van der Waals surface area contributed by atoms with Gasteiger partial charge in [-0.3, -0.25) is 20.2 Å². The number of nitro groups is 2. The number of hydrogen-bond donors (Lipinski definition) is 0. The summed E-state index contributed by atoms with van der Waals surface area (Å²) in [6.07, 6.45) is 3.63. The quantitative estimate of drug-likeness (QED) is 0.0875. The van der Waals surface area contributed by atoms with Crippen molar-refractivity contribution >= 4 is 44.9 Å². The second kappa shape index (κ2) is 10.3. The minimum atomic E-state index is -0.493. The highest BCUT2D eigenvalue weighted by atomic mass is 16.7. The standard InChI is InChI=1S/C26H24N4O6/c1-3-4-5-6-24(27-36-17(2)31)18-7-9-19(10-8-18)28-25-13-11-20(29(32)33)15-22(25)23-16-21(30(34)35)12-14-26(23)28/h7-16H,3-6H2,1-2H3/b27-24-. The second-order valence-electron chi connectivity index (χ2n) is 8.38. The largest absolute Gasteiger partial charge is 0.331 e. The van der Waals surface area contributed by atoms with Gasteiger partial charge in [0.25, 0.3) is 11.4 Å². The first-order valence-electron chi connectivity index (χ1n) is 11.5. The molecule has 0 aliphatic heterocycles. The van der Waals surface area contributed by atoms with Crippen molar-refractivity contribution < 1.29 is 19.5 Å². The van der Waals surface area contributed by atoms with Gasteiger partial charge < -0.3 is 9.40 Å². The second-order valence-corrected chi connectivity index (χ2v) is 8.38. The number of non-ortho nitro benzene ring substituents is 2. The number of hydrogen-bond acceptors (Lipinski definition) is 7. The summed E-state index contributed by atoms with van der Waals surface area (Å²) in [7, 11) is 0. The summed E-state index contributed by atoms with van der Waals surface area (Å²) in [5, 5.41) is 27.9. The fourth-order valence-electron chi connectivity index (χ4n) is 4.21. The van der Waals surface area contributed by atoms with Gasteiger partial charge in [-0.05, 0) is 42.7 Å². The molecule has 1 aromatic heterocycles. The summed E-state index contributed by atoms with van der Waals surface area (Å²) in [5.41, 5.74) is 3.41. The van der Waals surface area contributed by atoms with Crippen molar-refractivity contribution in [3.8, 4) is 5.69 Å². The summed E-state index contributed by atoms with van der Waals surface area (Å²) >= 11 is 0. The zero-order valence-electron chi connectivity index (χ0n) is 19.8. The third-order valence-electron chi connectivity index (χ3n) is 5.91. The first-order chi connectivity index (χ1) is 17.3. The predicted molar refractivity (Wildman–Crippen MR) is 137 cm³/mol. The summed E-state index contributed by atoms with van der Waals surface area (Å²) in [4.78, 5) is 38.0. The third kappa shape index (κ3) is 4.92. The van der Waals surface area contributed by atoms with Crippen LogP contribution in [0, 0.1) is 20.2 Å². The Hall–Kier alpha value is -4.60. The molecule has 36 heavy (non-hydrogen) atoms. The molecule has 0 atom stereocenters. The molecule has 1 heterocycles. The lowest BCUT2D eigenvalue weighted by molar-refractivity contribution is -0.385. The first kappa shape index (κ1) is 24.5. The van der Waals surface area contributed by atoms with E-state index in [4.69, 9.17) is 4.84 Å². The normalized spacial score (nSPS) is 11.7. The Bertz CT molecular complexity index is 1430. The Morgan fingerprint density at radius 3 is 1.92 bits per heavy atom. The molecule has 10 heteroatoms.